The van der Waals surface area contributed by atoms with E-state index in [9.17, 15) is 9.59 Å². The lowest BCUT2D eigenvalue weighted by Gasteiger charge is -2.21. The van der Waals surface area contributed by atoms with Crippen LogP contribution in [0.1, 0.15) is 29.3 Å². The number of carbonyl (C=O) groups excluding carboxylic acids is 2. The van der Waals surface area contributed by atoms with Crippen LogP contribution in [0.5, 0.6) is 5.75 Å². The normalized spacial score (nSPS) is 11.7. The second-order valence-electron chi connectivity index (χ2n) is 7.24. The number of hydrogen-bond acceptors (Lipinski definition) is 3. The molecule has 0 saturated carbocycles. The highest BCUT2D eigenvalue weighted by Crippen LogP contribution is 2.22. The van der Waals surface area contributed by atoms with Gasteiger partial charge in [-0.15, -0.1) is 0 Å². The molecule has 0 aromatic heterocycles. The number of fused-ring (bicyclic) bond motifs is 1. The van der Waals surface area contributed by atoms with Crippen LogP contribution in [0.3, 0.4) is 0 Å². The van der Waals surface area contributed by atoms with Gasteiger partial charge < -0.3 is 15.0 Å². The number of benzene rings is 3. The van der Waals surface area contributed by atoms with Gasteiger partial charge in [0.25, 0.3) is 5.91 Å². The zero-order valence-corrected chi connectivity index (χ0v) is 17.0. The van der Waals surface area contributed by atoms with E-state index in [1.165, 1.54) is 0 Å². The highest BCUT2D eigenvalue weighted by atomic mass is 16.5. The molecule has 3 aromatic rings. The van der Waals surface area contributed by atoms with Crippen molar-refractivity contribution in [3.8, 4) is 5.75 Å². The quantitative estimate of drug-likeness (QED) is 0.663. The number of methoxy groups -OCH3 is 1. The van der Waals surface area contributed by atoms with E-state index < -0.39 is 0 Å². The molecular formula is C24H26N2O3. The molecule has 0 spiro atoms. The van der Waals surface area contributed by atoms with Crippen molar-refractivity contribution in [3.05, 3.63) is 77.9 Å². The van der Waals surface area contributed by atoms with Gasteiger partial charge >= 0.3 is 0 Å². The molecule has 0 bridgehead atoms. The van der Waals surface area contributed by atoms with E-state index in [4.69, 9.17) is 4.74 Å². The minimum absolute atomic E-state index is 0.0133. The largest absolute Gasteiger partial charge is 0.497 e. The summed E-state index contributed by atoms with van der Waals surface area (Å²) in [7, 11) is 3.44. The van der Waals surface area contributed by atoms with Gasteiger partial charge in [-0.1, -0.05) is 36.4 Å². The number of carbonyl (C=O) groups is 2. The third-order valence-electron chi connectivity index (χ3n) is 4.85. The van der Waals surface area contributed by atoms with Crippen LogP contribution in [0.2, 0.25) is 0 Å². The lowest BCUT2D eigenvalue weighted by molar-refractivity contribution is -0.130. The minimum atomic E-state index is -0.248. The van der Waals surface area contributed by atoms with Crippen molar-refractivity contribution in [1.29, 1.82) is 0 Å². The Labute approximate surface area is 171 Å². The van der Waals surface area contributed by atoms with E-state index in [0.717, 1.165) is 22.1 Å². The summed E-state index contributed by atoms with van der Waals surface area (Å²) in [5.41, 5.74) is 1.65. The predicted octanol–water partition coefficient (Wildman–Crippen LogP) is 4.02. The molecule has 0 heterocycles. The molecular weight excluding hydrogens is 364 g/mol. The fourth-order valence-corrected chi connectivity index (χ4v) is 3.23. The molecule has 0 aliphatic heterocycles. The van der Waals surface area contributed by atoms with E-state index in [-0.39, 0.29) is 24.3 Å². The zero-order chi connectivity index (χ0) is 20.8. The Balaban J connectivity index is 1.57. The van der Waals surface area contributed by atoms with Crippen molar-refractivity contribution in [2.75, 3.05) is 14.2 Å². The summed E-state index contributed by atoms with van der Waals surface area (Å²) in [6.07, 6.45) is 0.250. The maximum absolute atomic E-state index is 12.6. The van der Waals surface area contributed by atoms with Crippen molar-refractivity contribution in [2.45, 2.75) is 25.9 Å². The van der Waals surface area contributed by atoms with Crippen molar-refractivity contribution in [2.24, 2.45) is 0 Å². The summed E-state index contributed by atoms with van der Waals surface area (Å²) < 4.78 is 5.26. The lowest BCUT2D eigenvalue weighted by Crippen LogP contribution is -2.37. The fraction of sp³-hybridized carbons (Fsp3) is 0.250. The second kappa shape index (κ2) is 9.24. The number of amides is 2. The SMILES string of the molecule is COc1ccc2cc(CN(C)C(=O)CC(C)NC(=O)c3ccccc3)ccc2c1. The Morgan fingerprint density at radius 3 is 2.41 bits per heavy atom. The van der Waals surface area contributed by atoms with Crippen molar-refractivity contribution >= 4 is 22.6 Å². The monoisotopic (exact) mass is 390 g/mol. The van der Waals surface area contributed by atoms with E-state index in [1.54, 1.807) is 31.2 Å². The van der Waals surface area contributed by atoms with Gasteiger partial charge in [0, 0.05) is 31.6 Å². The van der Waals surface area contributed by atoms with Gasteiger partial charge in [0.1, 0.15) is 5.75 Å². The van der Waals surface area contributed by atoms with Crippen LogP contribution in [-0.4, -0.2) is 36.9 Å². The van der Waals surface area contributed by atoms with Crippen LogP contribution in [0.25, 0.3) is 10.8 Å². The Morgan fingerprint density at radius 1 is 1.00 bits per heavy atom. The molecule has 0 saturated heterocycles. The molecule has 1 N–H and O–H groups in total. The van der Waals surface area contributed by atoms with E-state index in [2.05, 4.69) is 11.4 Å². The second-order valence-corrected chi connectivity index (χ2v) is 7.24. The van der Waals surface area contributed by atoms with Crippen molar-refractivity contribution < 1.29 is 14.3 Å². The molecule has 3 aromatic carbocycles. The summed E-state index contributed by atoms with van der Waals surface area (Å²) >= 11 is 0. The molecule has 150 valence electrons. The van der Waals surface area contributed by atoms with Gasteiger partial charge in [-0.3, -0.25) is 9.59 Å². The van der Waals surface area contributed by atoms with Crippen LogP contribution < -0.4 is 10.1 Å². The fourth-order valence-electron chi connectivity index (χ4n) is 3.23. The summed E-state index contributed by atoms with van der Waals surface area (Å²) in [6.45, 7) is 2.36. The predicted molar refractivity (Wildman–Crippen MR) is 115 cm³/mol. The molecule has 0 fully saturated rings. The molecule has 2 amide bonds. The molecule has 3 rings (SSSR count). The number of nitrogens with one attached hydrogen (secondary N) is 1. The summed E-state index contributed by atoms with van der Waals surface area (Å²) in [4.78, 5) is 26.5. The maximum atomic E-state index is 12.6. The average Bonchev–Trinajstić information content (AvgIpc) is 2.73. The highest BCUT2D eigenvalue weighted by Gasteiger charge is 2.16. The average molecular weight is 390 g/mol. The Hall–Kier alpha value is -3.34. The van der Waals surface area contributed by atoms with Gasteiger partial charge in [-0.25, -0.2) is 0 Å². The molecule has 5 heteroatoms. The zero-order valence-electron chi connectivity index (χ0n) is 17.0. The molecule has 5 nitrogen and oxygen atoms in total. The van der Waals surface area contributed by atoms with Crippen molar-refractivity contribution in [1.82, 2.24) is 10.2 Å². The van der Waals surface area contributed by atoms with Gasteiger partial charge in [0.05, 0.1) is 7.11 Å². The Morgan fingerprint density at radius 2 is 1.69 bits per heavy atom. The standard InChI is InChI=1S/C24H26N2O3/c1-17(25-24(28)19-7-5-4-6-8-19)13-23(27)26(2)16-18-9-10-21-15-22(29-3)12-11-20(21)14-18/h4-12,14-15,17H,13,16H2,1-3H3,(H,25,28). The number of rotatable bonds is 7. The Kier molecular flexibility index (Phi) is 6.50. The third kappa shape index (κ3) is 5.35. The first-order chi connectivity index (χ1) is 14.0. The first-order valence-electron chi connectivity index (χ1n) is 9.63. The molecule has 1 unspecified atom stereocenters. The van der Waals surface area contributed by atoms with Crippen LogP contribution in [0.4, 0.5) is 0 Å². The van der Waals surface area contributed by atoms with E-state index >= 15 is 0 Å². The summed E-state index contributed by atoms with van der Waals surface area (Å²) in [5, 5.41) is 5.08. The number of ether oxygens (including phenoxy) is 1. The summed E-state index contributed by atoms with van der Waals surface area (Å²) in [5.74, 6) is 0.642. The number of hydrogen-bond donors (Lipinski definition) is 1. The molecule has 0 aliphatic rings. The lowest BCUT2D eigenvalue weighted by atomic mass is 10.1. The maximum Gasteiger partial charge on any atom is 0.251 e. The molecule has 29 heavy (non-hydrogen) atoms. The van der Waals surface area contributed by atoms with Gasteiger partial charge in [0.15, 0.2) is 0 Å². The van der Waals surface area contributed by atoms with Gasteiger partial charge in [-0.05, 0) is 53.6 Å². The van der Waals surface area contributed by atoms with Crippen LogP contribution in [0.15, 0.2) is 66.7 Å². The molecule has 0 radical (unpaired) electrons. The molecule has 1 atom stereocenters. The van der Waals surface area contributed by atoms with Crippen LogP contribution in [0, 0.1) is 0 Å². The van der Waals surface area contributed by atoms with Gasteiger partial charge in [-0.2, -0.15) is 0 Å². The molecule has 0 aliphatic carbocycles. The summed E-state index contributed by atoms with van der Waals surface area (Å²) in [6, 6.07) is 20.8. The highest BCUT2D eigenvalue weighted by molar-refractivity contribution is 5.94. The number of nitrogens with zero attached hydrogens (tertiary/aromatic N) is 1. The first-order valence-corrected chi connectivity index (χ1v) is 9.63. The topological polar surface area (TPSA) is 58.6 Å². The Bertz CT molecular complexity index is 1000. The van der Waals surface area contributed by atoms with E-state index in [0.29, 0.717) is 12.1 Å². The van der Waals surface area contributed by atoms with Crippen LogP contribution >= 0.6 is 0 Å². The third-order valence-corrected chi connectivity index (χ3v) is 4.85. The first kappa shape index (κ1) is 20.4. The van der Waals surface area contributed by atoms with Gasteiger partial charge in [0.2, 0.25) is 5.91 Å². The van der Waals surface area contributed by atoms with Crippen LogP contribution in [-0.2, 0) is 11.3 Å². The van der Waals surface area contributed by atoms with Crippen molar-refractivity contribution in [3.63, 3.8) is 0 Å². The minimum Gasteiger partial charge on any atom is -0.497 e. The smallest absolute Gasteiger partial charge is 0.251 e. The van der Waals surface area contributed by atoms with E-state index in [1.807, 2.05) is 55.5 Å².